The number of carbonyl (C=O) groups is 1. The Kier molecular flexibility index (Phi) is 9.71. The summed E-state index contributed by atoms with van der Waals surface area (Å²) in [6.45, 7) is 3.03. The summed E-state index contributed by atoms with van der Waals surface area (Å²) in [5.41, 5.74) is 2.29. The van der Waals surface area contributed by atoms with Crippen molar-refractivity contribution in [2.24, 2.45) is 5.92 Å². The quantitative estimate of drug-likeness (QED) is 0.249. The third kappa shape index (κ3) is 6.33. The summed E-state index contributed by atoms with van der Waals surface area (Å²) >= 11 is 0. The van der Waals surface area contributed by atoms with Gasteiger partial charge in [-0.2, -0.15) is 0 Å². The Hall–Kier alpha value is -2.84. The molecule has 0 bridgehead atoms. The minimum atomic E-state index is -3.67. The van der Waals surface area contributed by atoms with Crippen molar-refractivity contribution in [1.29, 1.82) is 0 Å². The zero-order chi connectivity index (χ0) is 28.8. The molecule has 41 heavy (non-hydrogen) atoms. The van der Waals surface area contributed by atoms with Crippen molar-refractivity contribution in [3.8, 4) is 0 Å². The molecular weight excluding hydrogens is 541 g/mol. The molecule has 5 rings (SSSR count). The summed E-state index contributed by atoms with van der Waals surface area (Å²) in [7, 11) is -0.940. The highest BCUT2D eigenvalue weighted by Gasteiger charge is 2.66. The molecule has 218 valence electrons. The molecule has 8 nitrogen and oxygen atoms in total. The number of nitrogens with zero attached hydrogens (tertiary/aromatic N) is 1. The molecule has 9 heteroatoms. The number of benzene rings is 3. The van der Waals surface area contributed by atoms with Gasteiger partial charge in [-0.15, -0.1) is 0 Å². The number of fused-ring (bicyclic) bond motifs is 1. The smallest absolute Gasteiger partial charge is 0.336 e. The summed E-state index contributed by atoms with van der Waals surface area (Å²) in [4.78, 5) is 15.7. The second kappa shape index (κ2) is 13.4. The first-order valence-corrected chi connectivity index (χ1v) is 15.5. The van der Waals surface area contributed by atoms with E-state index in [1.54, 1.807) is 11.8 Å². The molecule has 2 aliphatic rings. The summed E-state index contributed by atoms with van der Waals surface area (Å²) in [5, 5.41) is 0. The fraction of sp³-hybridized carbons (Fsp3) is 0.406. The van der Waals surface area contributed by atoms with Crippen molar-refractivity contribution < 1.29 is 32.6 Å². The van der Waals surface area contributed by atoms with E-state index in [1.807, 2.05) is 91.0 Å². The molecule has 0 saturated carbocycles. The van der Waals surface area contributed by atoms with E-state index in [0.717, 1.165) is 16.7 Å². The van der Waals surface area contributed by atoms with Gasteiger partial charge >= 0.3 is 7.60 Å². The van der Waals surface area contributed by atoms with Crippen LogP contribution in [0.2, 0.25) is 0 Å². The molecule has 1 amide bonds. The minimum Gasteiger partial charge on any atom is -0.375 e. The lowest BCUT2D eigenvalue weighted by atomic mass is 9.98. The van der Waals surface area contributed by atoms with Gasteiger partial charge in [0.2, 0.25) is 5.91 Å². The molecule has 2 fully saturated rings. The summed E-state index contributed by atoms with van der Waals surface area (Å²) in [5.74, 6) is -0.734. The van der Waals surface area contributed by atoms with Crippen LogP contribution in [0.15, 0.2) is 91.0 Å². The molecule has 0 aromatic heterocycles. The number of carbonyl (C=O) groups excluding carboxylic acids is 1. The molecule has 0 aliphatic carbocycles. The molecule has 0 unspecified atom stereocenters. The van der Waals surface area contributed by atoms with Crippen LogP contribution in [0.1, 0.15) is 23.6 Å². The Morgan fingerprint density at radius 3 is 1.66 bits per heavy atom. The van der Waals surface area contributed by atoms with E-state index in [1.165, 1.54) is 14.2 Å². The molecule has 6 atom stereocenters. The first-order valence-electron chi connectivity index (χ1n) is 13.9. The highest BCUT2D eigenvalue weighted by Crippen LogP contribution is 2.61. The normalized spacial score (nSPS) is 25.9. The van der Waals surface area contributed by atoms with Gasteiger partial charge in [-0.3, -0.25) is 9.36 Å². The summed E-state index contributed by atoms with van der Waals surface area (Å²) in [6.07, 6.45) is -1.14. The Morgan fingerprint density at radius 2 is 1.17 bits per heavy atom. The second-order valence-electron chi connectivity index (χ2n) is 10.5. The fourth-order valence-electron chi connectivity index (χ4n) is 6.06. The van der Waals surface area contributed by atoms with Gasteiger partial charge in [-0.1, -0.05) is 97.9 Å². The minimum absolute atomic E-state index is 0.137. The highest BCUT2D eigenvalue weighted by molar-refractivity contribution is 7.54. The zero-order valence-electron chi connectivity index (χ0n) is 23.7. The average molecular weight is 580 g/mol. The molecule has 0 N–H and O–H groups in total. The molecular formula is C32H38NO7P. The van der Waals surface area contributed by atoms with E-state index in [4.69, 9.17) is 23.3 Å². The Bertz CT molecular complexity index is 1300. The number of amides is 1. The van der Waals surface area contributed by atoms with Crippen molar-refractivity contribution in [2.45, 2.75) is 56.7 Å². The number of rotatable bonds is 13. The van der Waals surface area contributed by atoms with Crippen LogP contribution in [-0.2, 0) is 52.4 Å². The predicted octanol–water partition coefficient (Wildman–Crippen LogP) is 5.46. The van der Waals surface area contributed by atoms with Crippen LogP contribution < -0.4 is 0 Å². The van der Waals surface area contributed by atoms with Gasteiger partial charge in [0.25, 0.3) is 0 Å². The van der Waals surface area contributed by atoms with Crippen molar-refractivity contribution in [3.05, 3.63) is 108 Å². The molecule has 3 aromatic carbocycles. The predicted molar refractivity (Wildman–Crippen MR) is 155 cm³/mol. The lowest BCUT2D eigenvalue weighted by Gasteiger charge is -2.31. The first-order chi connectivity index (χ1) is 20.0. The van der Waals surface area contributed by atoms with E-state index in [-0.39, 0.29) is 12.5 Å². The molecule has 2 aliphatic heterocycles. The van der Waals surface area contributed by atoms with E-state index in [2.05, 4.69) is 0 Å². The number of hydrogen-bond acceptors (Lipinski definition) is 7. The maximum absolute atomic E-state index is 13.9. The molecule has 2 heterocycles. The monoisotopic (exact) mass is 579 g/mol. The Labute approximate surface area is 242 Å². The first kappa shape index (κ1) is 29.6. The summed E-state index contributed by atoms with van der Waals surface area (Å²) < 4.78 is 44.2. The van der Waals surface area contributed by atoms with Crippen LogP contribution >= 0.6 is 7.60 Å². The van der Waals surface area contributed by atoms with Crippen molar-refractivity contribution in [2.75, 3.05) is 20.8 Å². The van der Waals surface area contributed by atoms with Crippen LogP contribution in [0.25, 0.3) is 0 Å². The van der Waals surface area contributed by atoms with Crippen LogP contribution in [0.3, 0.4) is 0 Å². The van der Waals surface area contributed by atoms with Crippen LogP contribution in [0.4, 0.5) is 0 Å². The lowest BCUT2D eigenvalue weighted by Crippen LogP contribution is -2.44. The van der Waals surface area contributed by atoms with Crippen molar-refractivity contribution >= 4 is 13.5 Å². The van der Waals surface area contributed by atoms with Crippen LogP contribution in [0.5, 0.6) is 0 Å². The standard InChI is InChI=1S/C32H38NO7P/c1-23-31(41(35,36-2)37-3)28-30(40-21-26-17-11-6-12-18-26)29(39-20-25-15-9-5-10-16-25)27(33(28)32(23)34)22-38-19-24-13-7-4-8-14-24/h4-18,23,27-31H,19-22H2,1-3H3/t23-,27-,28+,29-,30-,31-/m1/s1. The third-order valence-corrected chi connectivity index (χ3v) is 10.6. The molecule has 0 spiro atoms. The fourth-order valence-corrected chi connectivity index (χ4v) is 8.05. The average Bonchev–Trinajstić information content (AvgIpc) is 3.46. The molecule has 3 aromatic rings. The van der Waals surface area contributed by atoms with E-state index in [0.29, 0.717) is 19.8 Å². The van der Waals surface area contributed by atoms with Gasteiger partial charge in [-0.05, 0) is 16.7 Å². The van der Waals surface area contributed by atoms with E-state index >= 15 is 0 Å². The second-order valence-corrected chi connectivity index (χ2v) is 12.9. The van der Waals surface area contributed by atoms with E-state index < -0.39 is 43.5 Å². The van der Waals surface area contributed by atoms with E-state index in [9.17, 15) is 9.36 Å². The van der Waals surface area contributed by atoms with Crippen LogP contribution in [-0.4, -0.2) is 61.6 Å². The lowest BCUT2D eigenvalue weighted by molar-refractivity contribution is -0.136. The SMILES string of the molecule is COP(=O)(OC)[C@H]1[C@@H]2[C@@H](OCc3ccccc3)[C@H](OCc3ccccc3)[C@@H](COCc3ccccc3)N2C(=O)[C@@H]1C. The van der Waals surface area contributed by atoms with Gasteiger partial charge in [-0.25, -0.2) is 0 Å². The number of hydrogen-bond donors (Lipinski definition) is 0. The summed E-state index contributed by atoms with van der Waals surface area (Å²) in [6, 6.07) is 28.6. The third-order valence-electron chi connectivity index (χ3n) is 8.07. The largest absolute Gasteiger partial charge is 0.375 e. The van der Waals surface area contributed by atoms with Crippen LogP contribution in [0, 0.1) is 5.92 Å². The van der Waals surface area contributed by atoms with Gasteiger partial charge in [0.15, 0.2) is 0 Å². The molecule has 0 radical (unpaired) electrons. The van der Waals surface area contributed by atoms with Gasteiger partial charge < -0.3 is 28.2 Å². The number of ether oxygens (including phenoxy) is 3. The maximum Gasteiger partial charge on any atom is 0.336 e. The Balaban J connectivity index is 1.49. The topological polar surface area (TPSA) is 83.5 Å². The van der Waals surface area contributed by atoms with Crippen molar-refractivity contribution in [3.63, 3.8) is 0 Å². The maximum atomic E-state index is 13.9. The molecule has 2 saturated heterocycles. The highest BCUT2D eigenvalue weighted by atomic mass is 31.2. The van der Waals surface area contributed by atoms with Gasteiger partial charge in [0, 0.05) is 14.2 Å². The van der Waals surface area contributed by atoms with Gasteiger partial charge in [0.1, 0.15) is 12.2 Å². The Morgan fingerprint density at radius 1 is 0.707 bits per heavy atom. The van der Waals surface area contributed by atoms with Crippen molar-refractivity contribution in [1.82, 2.24) is 4.90 Å². The zero-order valence-corrected chi connectivity index (χ0v) is 24.6. The van der Waals surface area contributed by atoms with Gasteiger partial charge in [0.05, 0.1) is 50.1 Å².